The lowest BCUT2D eigenvalue weighted by molar-refractivity contribution is -0.198. The molecule has 4 aliphatic rings. The number of ether oxygens (including phenoxy) is 5. The molecule has 0 radical (unpaired) electrons. The van der Waals surface area contributed by atoms with Crippen LogP contribution in [0.2, 0.25) is 0 Å². The molecule has 10 heteroatoms. The maximum atomic E-state index is 14.7. The van der Waals surface area contributed by atoms with Crippen molar-refractivity contribution in [1.82, 2.24) is 4.90 Å². The van der Waals surface area contributed by atoms with E-state index in [9.17, 15) is 19.1 Å². The Labute approximate surface area is 190 Å². The molecule has 9 nitrogen and oxygen atoms in total. The molecule has 0 amide bonds. The number of halogens is 1. The fourth-order valence-corrected chi connectivity index (χ4v) is 5.64. The van der Waals surface area contributed by atoms with Crippen molar-refractivity contribution in [3.63, 3.8) is 0 Å². The van der Waals surface area contributed by atoms with Crippen molar-refractivity contribution in [1.29, 1.82) is 0 Å². The van der Waals surface area contributed by atoms with Crippen LogP contribution in [0.1, 0.15) is 36.3 Å². The number of rotatable bonds is 5. The lowest BCUT2D eigenvalue weighted by atomic mass is 9.77. The molecule has 1 N–H and O–H groups in total. The van der Waals surface area contributed by atoms with Crippen LogP contribution in [0.3, 0.4) is 0 Å². The first-order valence-corrected chi connectivity index (χ1v) is 10.9. The second-order valence-electron chi connectivity index (χ2n) is 8.80. The molecule has 3 aliphatic heterocycles. The number of carbonyl (C=O) groups excluding carboxylic acids is 2. The van der Waals surface area contributed by atoms with E-state index in [4.69, 9.17) is 18.9 Å². The van der Waals surface area contributed by atoms with Gasteiger partial charge in [-0.2, -0.15) is 4.39 Å². The Balaban J connectivity index is 1.56. The summed E-state index contributed by atoms with van der Waals surface area (Å²) in [4.78, 5) is 26.5. The van der Waals surface area contributed by atoms with E-state index in [0.717, 1.165) is 50.6 Å². The molecular formula is C23H26FNO8. The molecule has 1 aromatic rings. The summed E-state index contributed by atoms with van der Waals surface area (Å²) in [5.74, 6) is -4.95. The van der Waals surface area contributed by atoms with Gasteiger partial charge in [-0.05, 0) is 55.1 Å². The largest absolute Gasteiger partial charge is 0.497 e. The van der Waals surface area contributed by atoms with E-state index in [0.29, 0.717) is 17.3 Å². The summed E-state index contributed by atoms with van der Waals surface area (Å²) in [5, 5.41) is 10.0. The number of benzene rings is 1. The van der Waals surface area contributed by atoms with Crippen molar-refractivity contribution >= 4 is 11.9 Å². The van der Waals surface area contributed by atoms with Crippen LogP contribution < -0.4 is 9.47 Å². The second kappa shape index (κ2) is 7.88. The lowest BCUT2D eigenvalue weighted by Crippen LogP contribution is -2.48. The van der Waals surface area contributed by atoms with E-state index in [1.54, 1.807) is 0 Å². The SMILES string of the molecule is COC(=O)CC(O)(F)C(=O)O[C@@H]1C(OC)=C[C@]23CCCN2CCc2cc4c(cc2[C@H]13)OCO4. The second-order valence-corrected chi connectivity index (χ2v) is 8.80. The number of methoxy groups -OCH3 is 2. The zero-order valence-electron chi connectivity index (χ0n) is 18.5. The maximum absolute atomic E-state index is 14.7. The number of alkyl halides is 1. The Morgan fingerprint density at radius 1 is 1.27 bits per heavy atom. The molecule has 0 bridgehead atoms. The van der Waals surface area contributed by atoms with Gasteiger partial charge in [0.25, 0.3) is 0 Å². The quantitative estimate of drug-likeness (QED) is 0.652. The molecule has 1 saturated heterocycles. The minimum absolute atomic E-state index is 0.128. The predicted molar refractivity (Wildman–Crippen MR) is 110 cm³/mol. The minimum Gasteiger partial charge on any atom is -0.497 e. The first kappa shape index (κ1) is 22.0. The van der Waals surface area contributed by atoms with Crippen molar-refractivity contribution in [2.45, 2.75) is 49.1 Å². The van der Waals surface area contributed by atoms with E-state index < -0.39 is 41.8 Å². The standard InChI is InChI=1S/C23H26FNO8/c1-29-17-10-22-5-3-6-25(22)7-4-13-8-15-16(32-12-31-15)9-14(13)19(22)20(17)33-21(27)23(24,28)11-18(26)30-2/h8-10,19-20,28H,3-7,11-12H2,1-2H3/t19-,20-,22+,23?/m1/s1. The van der Waals surface area contributed by atoms with Crippen molar-refractivity contribution in [2.75, 3.05) is 34.1 Å². The van der Waals surface area contributed by atoms with Gasteiger partial charge in [-0.1, -0.05) is 0 Å². The van der Waals surface area contributed by atoms with Gasteiger partial charge in [0.2, 0.25) is 6.79 Å². The minimum atomic E-state index is -3.53. The van der Waals surface area contributed by atoms with Gasteiger partial charge in [-0.25, -0.2) is 4.79 Å². The average Bonchev–Trinajstić information content (AvgIpc) is 3.47. The average molecular weight is 463 g/mol. The van der Waals surface area contributed by atoms with Gasteiger partial charge >= 0.3 is 17.8 Å². The third-order valence-electron chi connectivity index (χ3n) is 7.12. The summed E-state index contributed by atoms with van der Waals surface area (Å²) in [6.07, 6.45) is 2.29. The predicted octanol–water partition coefficient (Wildman–Crippen LogP) is 1.57. The number of hydrogen-bond acceptors (Lipinski definition) is 9. The topological polar surface area (TPSA) is 104 Å². The Hall–Kier alpha value is -2.85. The Morgan fingerprint density at radius 3 is 2.76 bits per heavy atom. The van der Waals surface area contributed by atoms with E-state index in [1.165, 1.54) is 7.11 Å². The fraction of sp³-hybridized carbons (Fsp3) is 0.565. The lowest BCUT2D eigenvalue weighted by Gasteiger charge is -2.39. The van der Waals surface area contributed by atoms with Crippen LogP contribution in [0, 0.1) is 0 Å². The molecule has 3 heterocycles. The van der Waals surface area contributed by atoms with E-state index >= 15 is 0 Å². The van der Waals surface area contributed by atoms with E-state index in [2.05, 4.69) is 9.64 Å². The van der Waals surface area contributed by atoms with Gasteiger partial charge in [-0.15, -0.1) is 0 Å². The van der Waals surface area contributed by atoms with Gasteiger partial charge < -0.3 is 28.8 Å². The molecule has 1 unspecified atom stereocenters. The monoisotopic (exact) mass is 463 g/mol. The van der Waals surface area contributed by atoms with Crippen molar-refractivity contribution in [2.24, 2.45) is 0 Å². The van der Waals surface area contributed by atoms with Gasteiger partial charge in [0, 0.05) is 6.54 Å². The first-order valence-electron chi connectivity index (χ1n) is 10.9. The van der Waals surface area contributed by atoms with Crippen molar-refractivity contribution in [3.8, 4) is 11.5 Å². The molecule has 0 saturated carbocycles. The summed E-state index contributed by atoms with van der Waals surface area (Å²) in [5.41, 5.74) is 1.43. The van der Waals surface area contributed by atoms with Crippen LogP contribution in [0.15, 0.2) is 24.0 Å². The number of nitrogens with zero attached hydrogens (tertiary/aromatic N) is 1. The summed E-state index contributed by atoms with van der Waals surface area (Å²) < 4.78 is 41.4. The third kappa shape index (κ3) is 3.43. The highest BCUT2D eigenvalue weighted by Crippen LogP contribution is 2.55. The van der Waals surface area contributed by atoms with Crippen LogP contribution in [0.4, 0.5) is 4.39 Å². The molecule has 4 atom stereocenters. The van der Waals surface area contributed by atoms with Crippen LogP contribution in [0.25, 0.3) is 0 Å². The van der Waals surface area contributed by atoms with E-state index in [1.807, 2.05) is 18.2 Å². The molecular weight excluding hydrogens is 437 g/mol. The van der Waals surface area contributed by atoms with Crippen LogP contribution in [-0.2, 0) is 30.2 Å². The molecule has 5 rings (SSSR count). The van der Waals surface area contributed by atoms with Crippen LogP contribution in [-0.4, -0.2) is 73.5 Å². The zero-order valence-corrected chi connectivity index (χ0v) is 18.5. The van der Waals surface area contributed by atoms with Crippen LogP contribution in [0.5, 0.6) is 11.5 Å². The number of hydrogen-bond donors (Lipinski definition) is 1. The molecule has 33 heavy (non-hydrogen) atoms. The zero-order chi connectivity index (χ0) is 23.4. The number of carbonyl (C=O) groups is 2. The van der Waals surface area contributed by atoms with Gasteiger partial charge in [0.15, 0.2) is 17.6 Å². The number of fused-ring (bicyclic) bond motifs is 3. The Kier molecular flexibility index (Phi) is 5.24. The first-order chi connectivity index (χ1) is 15.8. The maximum Gasteiger partial charge on any atom is 0.373 e. The van der Waals surface area contributed by atoms with E-state index in [-0.39, 0.29) is 6.79 Å². The Morgan fingerprint density at radius 2 is 2.03 bits per heavy atom. The third-order valence-corrected chi connectivity index (χ3v) is 7.12. The normalized spacial score (nSPS) is 29.2. The van der Waals surface area contributed by atoms with Gasteiger partial charge in [0.1, 0.15) is 12.2 Å². The fourth-order valence-electron chi connectivity index (χ4n) is 5.64. The Bertz CT molecular complexity index is 1020. The highest BCUT2D eigenvalue weighted by Gasteiger charge is 2.59. The van der Waals surface area contributed by atoms with Crippen LogP contribution >= 0.6 is 0 Å². The summed E-state index contributed by atoms with van der Waals surface area (Å²) in [6, 6.07) is 3.84. The van der Waals surface area contributed by atoms with Crippen molar-refractivity contribution in [3.05, 3.63) is 35.1 Å². The molecule has 1 aliphatic carbocycles. The summed E-state index contributed by atoms with van der Waals surface area (Å²) in [6.45, 7) is 1.77. The van der Waals surface area contributed by atoms with Gasteiger partial charge in [0.05, 0.1) is 25.7 Å². The molecule has 1 aromatic carbocycles. The highest BCUT2D eigenvalue weighted by molar-refractivity contribution is 5.84. The molecule has 178 valence electrons. The summed E-state index contributed by atoms with van der Waals surface area (Å²) in [7, 11) is 2.50. The molecule has 1 fully saturated rings. The summed E-state index contributed by atoms with van der Waals surface area (Å²) >= 11 is 0. The molecule has 1 spiro atoms. The number of esters is 2. The molecule has 0 aromatic heterocycles. The number of aliphatic hydroxyl groups is 1. The van der Waals surface area contributed by atoms with Crippen molar-refractivity contribution < 1.29 is 42.8 Å². The highest BCUT2D eigenvalue weighted by atomic mass is 19.2. The smallest absolute Gasteiger partial charge is 0.373 e. The van der Waals surface area contributed by atoms with Gasteiger partial charge in [-0.3, -0.25) is 9.69 Å².